The first kappa shape index (κ1) is 27.3. The van der Waals surface area contributed by atoms with Crippen LogP contribution in [0.1, 0.15) is 60.3 Å². The van der Waals surface area contributed by atoms with E-state index < -0.39 is 0 Å². The summed E-state index contributed by atoms with van der Waals surface area (Å²) >= 11 is 0. The van der Waals surface area contributed by atoms with Crippen LogP contribution in [-0.2, 0) is 9.53 Å². The Morgan fingerprint density at radius 1 is 1.13 bits per heavy atom. The second-order valence-electron chi connectivity index (χ2n) is 8.04. The number of ether oxygens (including phenoxy) is 1. The highest BCUT2D eigenvalue weighted by atomic mass is 16.5. The van der Waals surface area contributed by atoms with E-state index >= 15 is 0 Å². The lowest BCUT2D eigenvalue weighted by molar-refractivity contribution is -0.133. The number of hydrogen-bond acceptors (Lipinski definition) is 6. The molecule has 0 aromatic heterocycles. The first-order valence-corrected chi connectivity index (χ1v) is 11.9. The average molecular weight is 434 g/mol. The summed E-state index contributed by atoms with van der Waals surface area (Å²) in [7, 11) is 0. The highest BCUT2D eigenvalue weighted by Crippen LogP contribution is 2.30. The fourth-order valence-corrected chi connectivity index (χ4v) is 4.34. The molecule has 1 aliphatic rings. The smallest absolute Gasteiger partial charge is 0.223 e. The average Bonchev–Trinajstić information content (AvgIpc) is 3.04. The van der Waals surface area contributed by atoms with Crippen LogP contribution in [0.5, 0.6) is 0 Å². The molecule has 1 atom stereocenters. The molecule has 176 valence electrons. The van der Waals surface area contributed by atoms with Gasteiger partial charge in [0.25, 0.3) is 0 Å². The Hall–Kier alpha value is -1.75. The Morgan fingerprint density at radius 3 is 2.45 bits per heavy atom. The second-order valence-corrected chi connectivity index (χ2v) is 8.04. The van der Waals surface area contributed by atoms with Crippen LogP contribution < -0.4 is 0 Å². The normalized spacial score (nSPS) is 20.3. The Labute approximate surface area is 189 Å². The highest BCUT2D eigenvalue weighted by Gasteiger charge is 2.39. The summed E-state index contributed by atoms with van der Waals surface area (Å²) in [5.41, 5.74) is 0.218. The molecule has 7 heteroatoms. The van der Waals surface area contributed by atoms with Crippen molar-refractivity contribution >= 4 is 11.6 Å². The minimum Gasteiger partial charge on any atom is -0.381 e. The molecule has 0 bridgehead atoms. The molecule has 1 amide bonds. The molecule has 0 radical (unpaired) electrons. The molecule has 1 aliphatic heterocycles. The predicted octanol–water partition coefficient (Wildman–Crippen LogP) is 3.33. The van der Waals surface area contributed by atoms with E-state index in [-0.39, 0.29) is 18.1 Å². The Bertz CT molecular complexity index is 614. The maximum Gasteiger partial charge on any atom is 0.223 e. The summed E-state index contributed by atoms with van der Waals surface area (Å²) < 4.78 is 5.81. The minimum atomic E-state index is -0.133. The summed E-state index contributed by atoms with van der Waals surface area (Å²) in [6.45, 7) is 17.7. The first-order valence-electron chi connectivity index (χ1n) is 11.9. The van der Waals surface area contributed by atoms with Crippen molar-refractivity contribution in [2.75, 3.05) is 59.2 Å². The molecular weight excluding hydrogens is 390 g/mol. The topological polar surface area (TPSA) is 72.2 Å². The molecule has 31 heavy (non-hydrogen) atoms. The minimum absolute atomic E-state index is 0.0749. The molecule has 0 spiro atoms. The van der Waals surface area contributed by atoms with E-state index in [9.17, 15) is 10.1 Å². The van der Waals surface area contributed by atoms with Gasteiger partial charge in [-0.3, -0.25) is 14.7 Å². The monoisotopic (exact) mass is 433 g/mol. The zero-order valence-corrected chi connectivity index (χ0v) is 20.4. The number of rotatable bonds is 13. The van der Waals surface area contributed by atoms with E-state index in [1.807, 2.05) is 18.7 Å². The van der Waals surface area contributed by atoms with Crippen molar-refractivity contribution < 1.29 is 9.53 Å². The number of nitrogens with zero attached hydrogens (tertiary/aromatic N) is 5. The van der Waals surface area contributed by atoms with Gasteiger partial charge < -0.3 is 14.5 Å². The Kier molecular flexibility index (Phi) is 13.3. The molecular formula is C24H43N5O2. The number of likely N-dealkylation sites (N-methyl/N-ethyl adjacent to an activating group) is 2. The van der Waals surface area contributed by atoms with Gasteiger partial charge in [-0.05, 0) is 51.9 Å². The summed E-state index contributed by atoms with van der Waals surface area (Å²) in [4.78, 5) is 24.1. The van der Waals surface area contributed by atoms with Crippen LogP contribution >= 0.6 is 0 Å². The van der Waals surface area contributed by atoms with Gasteiger partial charge in [0.05, 0.1) is 0 Å². The van der Waals surface area contributed by atoms with Gasteiger partial charge in [-0.1, -0.05) is 33.8 Å². The zero-order valence-electron chi connectivity index (χ0n) is 20.4. The lowest BCUT2D eigenvalue weighted by atomic mass is 9.87. The van der Waals surface area contributed by atoms with Crippen molar-refractivity contribution in [3.8, 4) is 6.07 Å². The van der Waals surface area contributed by atoms with Crippen LogP contribution in [0.4, 0.5) is 0 Å². The third-order valence-corrected chi connectivity index (χ3v) is 6.27. The molecule has 1 unspecified atom stereocenters. The maximum absolute atomic E-state index is 12.8. The van der Waals surface area contributed by atoms with Crippen molar-refractivity contribution in [1.82, 2.24) is 14.7 Å². The van der Waals surface area contributed by atoms with Crippen LogP contribution in [-0.4, -0.2) is 91.0 Å². The summed E-state index contributed by atoms with van der Waals surface area (Å²) in [5, 5.41) is 9.31. The number of amides is 1. The lowest BCUT2D eigenvalue weighted by Gasteiger charge is -2.46. The number of aliphatic imine (C=N–C) groups is 1. The van der Waals surface area contributed by atoms with Crippen LogP contribution in [0.25, 0.3) is 0 Å². The third-order valence-electron chi connectivity index (χ3n) is 6.27. The molecule has 0 aliphatic carbocycles. The van der Waals surface area contributed by atoms with Crippen LogP contribution in [0.2, 0.25) is 0 Å². The molecule has 0 aromatic rings. The summed E-state index contributed by atoms with van der Waals surface area (Å²) in [6.07, 6.45) is 6.80. The van der Waals surface area contributed by atoms with Gasteiger partial charge in [-0.15, -0.1) is 0 Å². The molecule has 1 fully saturated rings. The van der Waals surface area contributed by atoms with Gasteiger partial charge in [0.1, 0.15) is 18.4 Å². The van der Waals surface area contributed by atoms with E-state index in [1.165, 1.54) is 0 Å². The van der Waals surface area contributed by atoms with E-state index in [2.05, 4.69) is 41.6 Å². The summed E-state index contributed by atoms with van der Waals surface area (Å²) in [6, 6.07) is 2.11. The van der Waals surface area contributed by atoms with Gasteiger partial charge in [-0.25, -0.2) is 0 Å². The molecule has 1 heterocycles. The Balaban J connectivity index is 3.16. The Morgan fingerprint density at radius 2 is 1.87 bits per heavy atom. The van der Waals surface area contributed by atoms with Gasteiger partial charge in [0.2, 0.25) is 5.91 Å². The van der Waals surface area contributed by atoms with Crippen LogP contribution in [0.15, 0.2) is 17.1 Å². The fraction of sp³-hybridized carbons (Fsp3) is 0.792. The van der Waals surface area contributed by atoms with E-state index in [0.29, 0.717) is 25.3 Å². The highest BCUT2D eigenvalue weighted by molar-refractivity contribution is 6.07. The lowest BCUT2D eigenvalue weighted by Crippen LogP contribution is -2.58. The quantitative estimate of drug-likeness (QED) is 0.417. The van der Waals surface area contributed by atoms with E-state index in [4.69, 9.17) is 4.74 Å². The van der Waals surface area contributed by atoms with Crippen LogP contribution in [0, 0.1) is 11.3 Å². The van der Waals surface area contributed by atoms with E-state index in [0.717, 1.165) is 58.6 Å². The van der Waals surface area contributed by atoms with E-state index in [1.54, 1.807) is 12.2 Å². The maximum atomic E-state index is 12.8. The molecule has 1 saturated heterocycles. The first-order chi connectivity index (χ1) is 15.0. The molecule has 0 saturated carbocycles. The van der Waals surface area contributed by atoms with Crippen molar-refractivity contribution in [1.29, 1.82) is 5.26 Å². The number of hydrogen-bond donors (Lipinski definition) is 0. The SMILES string of the molecule is C/C=C\C(C#N)=NCN(CC1(N(CC)CCN(CC)CC)CCCOCC1)C(=O)CC. The predicted molar refractivity (Wildman–Crippen MR) is 127 cm³/mol. The molecule has 1 rings (SSSR count). The van der Waals surface area contributed by atoms with Crippen molar-refractivity contribution in [3.05, 3.63) is 12.2 Å². The summed E-state index contributed by atoms with van der Waals surface area (Å²) in [5.74, 6) is 0.0749. The number of allylic oxidation sites excluding steroid dienone is 2. The molecule has 0 N–H and O–H groups in total. The number of nitriles is 1. The number of carbonyl (C=O) groups excluding carboxylic acids is 1. The standard InChI is InChI=1S/C24H43N5O2/c1-6-12-22(19-25)26-21-28(23(30)7-2)20-24(13-11-17-31-18-14-24)29(10-5)16-15-27(8-3)9-4/h6,12H,7-11,13-18,20-21H2,1-5H3/b12-6-,26-22?. The zero-order chi connectivity index (χ0) is 23.1. The van der Waals surface area contributed by atoms with Crippen LogP contribution in [0.3, 0.4) is 0 Å². The van der Waals surface area contributed by atoms with Crippen molar-refractivity contribution in [2.24, 2.45) is 4.99 Å². The van der Waals surface area contributed by atoms with Crippen molar-refractivity contribution in [3.63, 3.8) is 0 Å². The molecule has 0 aromatic carbocycles. The largest absolute Gasteiger partial charge is 0.381 e. The fourth-order valence-electron chi connectivity index (χ4n) is 4.34. The second kappa shape index (κ2) is 15.1. The van der Waals surface area contributed by atoms with Gasteiger partial charge in [0.15, 0.2) is 0 Å². The van der Waals surface area contributed by atoms with Gasteiger partial charge >= 0.3 is 0 Å². The van der Waals surface area contributed by atoms with Gasteiger partial charge in [-0.2, -0.15) is 5.26 Å². The van der Waals surface area contributed by atoms with Crippen molar-refractivity contribution in [2.45, 2.75) is 65.8 Å². The molecule has 7 nitrogen and oxygen atoms in total. The van der Waals surface area contributed by atoms with Gasteiger partial charge in [0, 0.05) is 44.8 Å². The third kappa shape index (κ3) is 8.72. The number of carbonyl (C=O) groups is 1.